The number of carboxylic acids is 1. The molecule has 0 saturated heterocycles. The van der Waals surface area contributed by atoms with Gasteiger partial charge in [0.05, 0.1) is 12.5 Å². The minimum atomic E-state index is -0.982. The summed E-state index contributed by atoms with van der Waals surface area (Å²) in [4.78, 5) is 11.9. The summed E-state index contributed by atoms with van der Waals surface area (Å²) < 4.78 is 5.20. The average molecular weight is 284 g/mol. The second kappa shape index (κ2) is 6.00. The highest BCUT2D eigenvalue weighted by molar-refractivity contribution is 5.81. The number of hydrogen-bond donors (Lipinski definition) is 1. The van der Waals surface area contributed by atoms with Crippen molar-refractivity contribution in [2.24, 2.45) is 0 Å². The highest BCUT2D eigenvalue weighted by atomic mass is 16.5. The molecule has 3 nitrogen and oxygen atoms in total. The van der Waals surface area contributed by atoms with Crippen LogP contribution < -0.4 is 4.74 Å². The Morgan fingerprint density at radius 3 is 2.43 bits per heavy atom. The summed E-state index contributed by atoms with van der Waals surface area (Å²) in [5, 5.41) is 9.72. The number of carboxylic acid groups (broad SMARTS) is 1. The van der Waals surface area contributed by atoms with Gasteiger partial charge in [-0.3, -0.25) is 4.79 Å². The lowest BCUT2D eigenvalue weighted by molar-refractivity contribution is -0.143. The predicted molar refractivity (Wildman–Crippen MR) is 82.9 cm³/mol. The number of benzene rings is 2. The Morgan fingerprint density at radius 2 is 1.86 bits per heavy atom. The van der Waals surface area contributed by atoms with E-state index in [1.807, 2.05) is 49.4 Å². The SMILES string of the molecule is COc1cccc(C(C)(Cc2ccc(C)cc2)C(=O)O)c1. The van der Waals surface area contributed by atoms with E-state index in [0.717, 1.165) is 16.7 Å². The second-order valence-corrected chi connectivity index (χ2v) is 5.53. The maximum absolute atomic E-state index is 11.9. The van der Waals surface area contributed by atoms with Crippen LogP contribution in [0.1, 0.15) is 23.6 Å². The number of carbonyl (C=O) groups is 1. The molecule has 0 aliphatic carbocycles. The molecule has 3 heteroatoms. The number of methoxy groups -OCH3 is 1. The van der Waals surface area contributed by atoms with Gasteiger partial charge >= 0.3 is 5.97 Å². The van der Waals surface area contributed by atoms with Crippen LogP contribution in [-0.4, -0.2) is 18.2 Å². The van der Waals surface area contributed by atoms with Gasteiger partial charge in [-0.05, 0) is 43.5 Å². The molecule has 0 amide bonds. The van der Waals surface area contributed by atoms with Crippen LogP contribution in [0.4, 0.5) is 0 Å². The van der Waals surface area contributed by atoms with E-state index in [2.05, 4.69) is 0 Å². The predicted octanol–water partition coefficient (Wildman–Crippen LogP) is 3.59. The number of hydrogen-bond acceptors (Lipinski definition) is 2. The van der Waals surface area contributed by atoms with Gasteiger partial charge in [-0.25, -0.2) is 0 Å². The lowest BCUT2D eigenvalue weighted by atomic mass is 9.77. The Labute approximate surface area is 125 Å². The maximum Gasteiger partial charge on any atom is 0.314 e. The number of rotatable bonds is 5. The molecule has 0 radical (unpaired) electrons. The minimum Gasteiger partial charge on any atom is -0.497 e. The molecule has 0 aliphatic heterocycles. The van der Waals surface area contributed by atoms with Crippen molar-refractivity contribution in [2.45, 2.75) is 25.7 Å². The van der Waals surface area contributed by atoms with Crippen LogP contribution in [0.3, 0.4) is 0 Å². The average Bonchev–Trinajstić information content (AvgIpc) is 2.49. The summed E-state index contributed by atoms with van der Waals surface area (Å²) in [5.41, 5.74) is 1.93. The van der Waals surface area contributed by atoms with Gasteiger partial charge in [0.1, 0.15) is 5.75 Å². The molecule has 0 bridgehead atoms. The molecule has 2 aromatic rings. The van der Waals surface area contributed by atoms with E-state index in [0.29, 0.717) is 12.2 Å². The van der Waals surface area contributed by atoms with Crippen molar-refractivity contribution in [1.29, 1.82) is 0 Å². The zero-order valence-corrected chi connectivity index (χ0v) is 12.6. The normalized spacial score (nSPS) is 13.5. The van der Waals surface area contributed by atoms with Crippen molar-refractivity contribution >= 4 is 5.97 Å². The molecule has 0 fully saturated rings. The van der Waals surface area contributed by atoms with Crippen LogP contribution in [0.2, 0.25) is 0 Å². The van der Waals surface area contributed by atoms with Gasteiger partial charge < -0.3 is 9.84 Å². The quantitative estimate of drug-likeness (QED) is 0.912. The lowest BCUT2D eigenvalue weighted by Crippen LogP contribution is -2.34. The monoisotopic (exact) mass is 284 g/mol. The van der Waals surface area contributed by atoms with E-state index in [1.54, 1.807) is 20.1 Å². The van der Waals surface area contributed by atoms with Gasteiger partial charge in [0.2, 0.25) is 0 Å². The molecular weight excluding hydrogens is 264 g/mol. The fourth-order valence-corrected chi connectivity index (χ4v) is 2.38. The molecule has 1 N–H and O–H groups in total. The molecule has 1 atom stereocenters. The molecule has 2 rings (SSSR count). The molecule has 0 aromatic heterocycles. The maximum atomic E-state index is 11.9. The number of aryl methyl sites for hydroxylation is 1. The van der Waals surface area contributed by atoms with Crippen molar-refractivity contribution in [3.05, 3.63) is 65.2 Å². The molecule has 1 unspecified atom stereocenters. The third-order valence-corrected chi connectivity index (χ3v) is 3.86. The molecular formula is C18H20O3. The van der Waals surface area contributed by atoms with E-state index in [-0.39, 0.29) is 0 Å². The first-order valence-electron chi connectivity index (χ1n) is 6.89. The lowest BCUT2D eigenvalue weighted by Gasteiger charge is -2.26. The molecule has 0 heterocycles. The van der Waals surface area contributed by atoms with Crippen LogP contribution >= 0.6 is 0 Å². The number of ether oxygens (including phenoxy) is 1. The molecule has 2 aromatic carbocycles. The first kappa shape index (κ1) is 15.1. The molecule has 0 aliphatic rings. The van der Waals surface area contributed by atoms with Crippen molar-refractivity contribution < 1.29 is 14.6 Å². The fourth-order valence-electron chi connectivity index (χ4n) is 2.38. The van der Waals surface area contributed by atoms with E-state index >= 15 is 0 Å². The zero-order valence-electron chi connectivity index (χ0n) is 12.6. The van der Waals surface area contributed by atoms with Gasteiger partial charge in [0, 0.05) is 0 Å². The fraction of sp³-hybridized carbons (Fsp3) is 0.278. The third-order valence-electron chi connectivity index (χ3n) is 3.86. The largest absolute Gasteiger partial charge is 0.497 e. The van der Waals surface area contributed by atoms with Gasteiger partial charge in [-0.15, -0.1) is 0 Å². The Balaban J connectivity index is 2.39. The van der Waals surface area contributed by atoms with Crippen LogP contribution in [0, 0.1) is 6.92 Å². The summed E-state index contributed by atoms with van der Waals surface area (Å²) in [6.07, 6.45) is 0.440. The second-order valence-electron chi connectivity index (χ2n) is 5.53. The van der Waals surface area contributed by atoms with Crippen molar-refractivity contribution in [3.8, 4) is 5.75 Å². The summed E-state index contributed by atoms with van der Waals surface area (Å²) >= 11 is 0. The van der Waals surface area contributed by atoms with Gasteiger partial charge in [-0.1, -0.05) is 42.0 Å². The minimum absolute atomic E-state index is 0.440. The van der Waals surface area contributed by atoms with Crippen molar-refractivity contribution in [1.82, 2.24) is 0 Å². The molecule has 0 saturated carbocycles. The number of aliphatic carboxylic acids is 1. The van der Waals surface area contributed by atoms with Gasteiger partial charge in [0.15, 0.2) is 0 Å². The van der Waals surface area contributed by atoms with Gasteiger partial charge in [-0.2, -0.15) is 0 Å². The summed E-state index contributed by atoms with van der Waals surface area (Å²) in [6.45, 7) is 3.77. The Kier molecular flexibility index (Phi) is 4.32. The van der Waals surface area contributed by atoms with Crippen LogP contribution in [0.5, 0.6) is 5.75 Å². The van der Waals surface area contributed by atoms with Gasteiger partial charge in [0.25, 0.3) is 0 Å². The summed E-state index contributed by atoms with van der Waals surface area (Å²) in [6, 6.07) is 15.2. The van der Waals surface area contributed by atoms with Crippen LogP contribution in [-0.2, 0) is 16.6 Å². The molecule has 110 valence electrons. The van der Waals surface area contributed by atoms with Crippen molar-refractivity contribution in [2.75, 3.05) is 7.11 Å². The van der Waals surface area contributed by atoms with E-state index in [1.165, 1.54) is 0 Å². The zero-order chi connectivity index (χ0) is 15.5. The smallest absolute Gasteiger partial charge is 0.314 e. The van der Waals surface area contributed by atoms with E-state index in [4.69, 9.17) is 4.74 Å². The van der Waals surface area contributed by atoms with Crippen LogP contribution in [0.25, 0.3) is 0 Å². The molecule has 0 spiro atoms. The van der Waals surface area contributed by atoms with E-state index in [9.17, 15) is 9.90 Å². The first-order chi connectivity index (χ1) is 9.95. The molecule has 21 heavy (non-hydrogen) atoms. The van der Waals surface area contributed by atoms with Crippen molar-refractivity contribution in [3.63, 3.8) is 0 Å². The van der Waals surface area contributed by atoms with Crippen LogP contribution in [0.15, 0.2) is 48.5 Å². The third kappa shape index (κ3) is 3.24. The standard InChI is InChI=1S/C18H20O3/c1-13-7-9-14(10-8-13)12-18(2,17(19)20)15-5-4-6-16(11-15)21-3/h4-11H,12H2,1-3H3,(H,19,20). The Morgan fingerprint density at radius 1 is 1.19 bits per heavy atom. The topological polar surface area (TPSA) is 46.5 Å². The summed E-state index contributed by atoms with van der Waals surface area (Å²) in [5.74, 6) is -0.166. The Hall–Kier alpha value is -2.29. The highest BCUT2D eigenvalue weighted by Gasteiger charge is 2.35. The Bertz CT molecular complexity index is 631. The van der Waals surface area contributed by atoms with E-state index < -0.39 is 11.4 Å². The highest BCUT2D eigenvalue weighted by Crippen LogP contribution is 2.31. The first-order valence-corrected chi connectivity index (χ1v) is 6.89. The summed E-state index contributed by atoms with van der Waals surface area (Å²) in [7, 11) is 1.58.